The Labute approximate surface area is 225 Å². The first kappa shape index (κ1) is 24.4. The second-order valence-electron chi connectivity index (χ2n) is 13.2. The van der Waals surface area contributed by atoms with Gasteiger partial charge in [0.1, 0.15) is 7.05 Å². The molecule has 0 spiro atoms. The molecule has 5 aromatic rings. The zero-order valence-electron chi connectivity index (χ0n) is 23.4. The van der Waals surface area contributed by atoms with Crippen LogP contribution < -0.4 is 4.57 Å². The summed E-state index contributed by atoms with van der Waals surface area (Å²) in [6.07, 6.45) is 6.28. The van der Waals surface area contributed by atoms with E-state index in [0.29, 0.717) is 0 Å². The van der Waals surface area contributed by atoms with Crippen LogP contribution in [-0.2, 0) is 19.9 Å². The topological polar surface area (TPSA) is 16.8 Å². The van der Waals surface area contributed by atoms with Crippen molar-refractivity contribution in [1.82, 2.24) is 4.98 Å². The van der Waals surface area contributed by atoms with Gasteiger partial charge in [-0.25, -0.2) is 4.57 Å². The summed E-state index contributed by atoms with van der Waals surface area (Å²) in [5.41, 5.74) is 8.39. The van der Waals surface area contributed by atoms with Crippen LogP contribution in [0.3, 0.4) is 0 Å². The molecule has 3 heteroatoms. The van der Waals surface area contributed by atoms with E-state index in [0.717, 1.165) is 18.4 Å². The molecule has 188 valence electrons. The van der Waals surface area contributed by atoms with Crippen molar-refractivity contribution >= 4 is 44.2 Å². The molecule has 1 aliphatic rings. The van der Waals surface area contributed by atoms with Gasteiger partial charge in [-0.3, -0.25) is 4.98 Å². The van der Waals surface area contributed by atoms with Crippen molar-refractivity contribution in [2.45, 2.75) is 71.1 Å². The minimum atomic E-state index is 0.171. The smallest absolute Gasteiger partial charge is 0.222 e. The average molecular weight is 506 g/mol. The van der Waals surface area contributed by atoms with Gasteiger partial charge in [-0.05, 0) is 70.2 Å². The highest BCUT2D eigenvalue weighted by atomic mass is 32.2. The molecule has 0 unspecified atom stereocenters. The number of pyridine rings is 2. The van der Waals surface area contributed by atoms with Crippen LogP contribution >= 0.6 is 11.8 Å². The van der Waals surface area contributed by atoms with Gasteiger partial charge in [-0.1, -0.05) is 77.6 Å². The lowest BCUT2D eigenvalue weighted by Crippen LogP contribution is -2.32. The van der Waals surface area contributed by atoms with Crippen molar-refractivity contribution in [2.24, 2.45) is 17.9 Å². The molecule has 3 aromatic carbocycles. The van der Waals surface area contributed by atoms with Crippen LogP contribution in [0.15, 0.2) is 64.6 Å². The largest absolute Gasteiger partial charge is 0.256 e. The molecule has 0 N–H and O–H groups in total. The van der Waals surface area contributed by atoms with E-state index in [1.807, 2.05) is 18.0 Å². The molecule has 0 atom stereocenters. The lowest BCUT2D eigenvalue weighted by molar-refractivity contribution is -0.659. The SMILES string of the molecule is Cc1c2c(c(CC(C)(C)C)c3cccnc13)Sc1cc3c(CC(C)(C)C)cccc3c3cc[n+](C)c-2c13. The first-order valence-corrected chi connectivity index (χ1v) is 14.2. The second-order valence-corrected chi connectivity index (χ2v) is 14.3. The Morgan fingerprint density at radius 2 is 1.57 bits per heavy atom. The molecular formula is C34H37N2S+. The number of benzene rings is 3. The summed E-state index contributed by atoms with van der Waals surface area (Å²) in [4.78, 5) is 7.69. The van der Waals surface area contributed by atoms with E-state index in [2.05, 4.69) is 109 Å². The minimum absolute atomic E-state index is 0.171. The summed E-state index contributed by atoms with van der Waals surface area (Å²) < 4.78 is 2.33. The molecule has 0 saturated heterocycles. The van der Waals surface area contributed by atoms with Crippen molar-refractivity contribution in [1.29, 1.82) is 0 Å². The molecule has 0 amide bonds. The van der Waals surface area contributed by atoms with Gasteiger partial charge in [0.25, 0.3) is 0 Å². The number of hydrogen-bond donors (Lipinski definition) is 0. The van der Waals surface area contributed by atoms with Crippen LogP contribution in [0.5, 0.6) is 0 Å². The third-order valence-electron chi connectivity index (χ3n) is 7.57. The van der Waals surface area contributed by atoms with Gasteiger partial charge >= 0.3 is 0 Å². The van der Waals surface area contributed by atoms with E-state index in [-0.39, 0.29) is 10.8 Å². The summed E-state index contributed by atoms with van der Waals surface area (Å²) in [7, 11) is 2.20. The van der Waals surface area contributed by atoms with Gasteiger partial charge in [0.2, 0.25) is 5.69 Å². The van der Waals surface area contributed by atoms with Gasteiger partial charge in [0.15, 0.2) is 6.20 Å². The van der Waals surface area contributed by atoms with E-state index < -0.39 is 0 Å². The predicted octanol–water partition coefficient (Wildman–Crippen LogP) is 8.98. The fourth-order valence-electron chi connectivity index (χ4n) is 6.17. The van der Waals surface area contributed by atoms with Crippen LogP contribution in [0, 0.1) is 17.8 Å². The molecule has 0 bridgehead atoms. The molecule has 3 heterocycles. The van der Waals surface area contributed by atoms with Gasteiger partial charge in [0, 0.05) is 32.8 Å². The molecule has 37 heavy (non-hydrogen) atoms. The van der Waals surface area contributed by atoms with Gasteiger partial charge < -0.3 is 0 Å². The molecule has 2 nitrogen and oxygen atoms in total. The first-order valence-electron chi connectivity index (χ1n) is 13.4. The minimum Gasteiger partial charge on any atom is -0.256 e. The molecule has 1 aliphatic heterocycles. The molecule has 2 aromatic heterocycles. The molecule has 0 radical (unpaired) electrons. The van der Waals surface area contributed by atoms with Crippen LogP contribution in [0.25, 0.3) is 43.7 Å². The van der Waals surface area contributed by atoms with Gasteiger partial charge in [-0.15, -0.1) is 0 Å². The van der Waals surface area contributed by atoms with Crippen molar-refractivity contribution in [2.75, 3.05) is 0 Å². The highest BCUT2D eigenvalue weighted by Crippen LogP contribution is 2.53. The molecule has 6 rings (SSSR count). The summed E-state index contributed by atoms with van der Waals surface area (Å²) in [6, 6.07) is 16.0. The molecule has 0 fully saturated rings. The lowest BCUT2D eigenvalue weighted by Gasteiger charge is -2.28. The molecule has 0 aliphatic carbocycles. The Kier molecular flexibility index (Phi) is 5.48. The van der Waals surface area contributed by atoms with Crippen molar-refractivity contribution in [3.05, 3.63) is 71.5 Å². The number of rotatable bonds is 2. The Morgan fingerprint density at radius 3 is 2.30 bits per heavy atom. The first-order chi connectivity index (χ1) is 17.4. The van der Waals surface area contributed by atoms with Crippen molar-refractivity contribution in [3.63, 3.8) is 0 Å². The van der Waals surface area contributed by atoms with E-state index in [4.69, 9.17) is 4.98 Å². The summed E-state index contributed by atoms with van der Waals surface area (Å²) >= 11 is 1.98. The second kappa shape index (κ2) is 8.30. The molecular weight excluding hydrogens is 468 g/mol. The maximum Gasteiger partial charge on any atom is 0.222 e. The normalized spacial score (nSPS) is 13.5. The van der Waals surface area contributed by atoms with Crippen LogP contribution in [0.4, 0.5) is 0 Å². The Bertz CT molecular complexity index is 1730. The quantitative estimate of drug-likeness (QED) is 0.172. The van der Waals surface area contributed by atoms with Crippen molar-refractivity contribution in [3.8, 4) is 11.3 Å². The van der Waals surface area contributed by atoms with E-state index in [1.54, 1.807) is 0 Å². The standard InChI is InChI=1S/C34H37N2S/c1-20-28-31-29-23(14-16-36(31)8)22-12-9-11-21(18-33(2,3)4)25(22)17-27(29)37-32(28)26(19-34(5,6)7)24-13-10-15-35-30(20)24/h9-17H,18-19H2,1-8H3/q+1. The average Bonchev–Trinajstić information content (AvgIpc) is 2.82. The predicted molar refractivity (Wildman–Crippen MR) is 159 cm³/mol. The fourth-order valence-corrected chi connectivity index (χ4v) is 7.54. The third kappa shape index (κ3) is 4.03. The van der Waals surface area contributed by atoms with Crippen LogP contribution in [0.1, 0.15) is 58.2 Å². The van der Waals surface area contributed by atoms with Gasteiger partial charge in [0.05, 0.1) is 16.5 Å². The van der Waals surface area contributed by atoms with Crippen LogP contribution in [-0.4, -0.2) is 4.98 Å². The van der Waals surface area contributed by atoms with Gasteiger partial charge in [-0.2, -0.15) is 0 Å². The number of hydrogen-bond acceptors (Lipinski definition) is 2. The van der Waals surface area contributed by atoms with E-state index >= 15 is 0 Å². The van der Waals surface area contributed by atoms with E-state index in [9.17, 15) is 0 Å². The lowest BCUT2D eigenvalue weighted by atomic mass is 9.83. The number of fused-ring (bicyclic) bond motifs is 5. The fraction of sp³-hybridized carbons (Fsp3) is 0.353. The monoisotopic (exact) mass is 505 g/mol. The Morgan fingerprint density at radius 1 is 0.838 bits per heavy atom. The Hall–Kier alpha value is -2.91. The number of nitrogens with zero attached hydrogens (tertiary/aromatic N) is 2. The zero-order valence-corrected chi connectivity index (χ0v) is 24.2. The van der Waals surface area contributed by atoms with Crippen molar-refractivity contribution < 1.29 is 4.57 Å². The highest BCUT2D eigenvalue weighted by molar-refractivity contribution is 8.00. The van der Waals surface area contributed by atoms with Crippen LogP contribution in [0.2, 0.25) is 0 Å². The number of aryl methyl sites for hydroxylation is 2. The zero-order chi connectivity index (χ0) is 26.3. The third-order valence-corrected chi connectivity index (χ3v) is 8.77. The maximum absolute atomic E-state index is 4.91. The summed E-state index contributed by atoms with van der Waals surface area (Å²) in [5, 5.41) is 6.79. The Balaban J connectivity index is 1.76. The summed E-state index contributed by atoms with van der Waals surface area (Å²) in [6.45, 7) is 16.3. The molecule has 0 saturated carbocycles. The summed E-state index contributed by atoms with van der Waals surface area (Å²) in [5.74, 6) is 0. The highest BCUT2D eigenvalue weighted by Gasteiger charge is 2.33. The number of aromatic nitrogens is 2. The maximum atomic E-state index is 4.91. The van der Waals surface area contributed by atoms with E-state index in [1.165, 1.54) is 64.7 Å².